The van der Waals surface area contributed by atoms with Crippen LogP contribution in [0, 0.1) is 45.8 Å². The van der Waals surface area contributed by atoms with Crippen molar-refractivity contribution in [3.05, 3.63) is 96.0 Å². The van der Waals surface area contributed by atoms with Gasteiger partial charge in [-0.05, 0) is 66.5 Å². The van der Waals surface area contributed by atoms with Crippen LogP contribution in [0.5, 0.6) is 11.5 Å². The van der Waals surface area contributed by atoms with Gasteiger partial charge in [-0.2, -0.15) is 0 Å². The molecule has 8 atom stereocenters. The molecule has 10 nitrogen and oxygen atoms in total. The Morgan fingerprint density at radius 2 is 1.51 bits per heavy atom. The van der Waals surface area contributed by atoms with Gasteiger partial charge in [0.1, 0.15) is 23.4 Å². The number of allylic oxidation sites excluding steroid dienone is 1. The molecule has 0 radical (unpaired) electrons. The first-order valence-corrected chi connectivity index (χ1v) is 17.4. The average Bonchev–Trinajstić information content (AvgIpc) is 3.64. The smallest absolute Gasteiger partial charge is 0.326 e. The summed E-state index contributed by atoms with van der Waals surface area (Å²) in [5.74, 6) is -7.45. The van der Waals surface area contributed by atoms with Crippen LogP contribution < -0.4 is 9.47 Å². The van der Waals surface area contributed by atoms with Gasteiger partial charge in [-0.15, -0.1) is 0 Å². The third-order valence-corrected chi connectivity index (χ3v) is 12.3. The van der Waals surface area contributed by atoms with Crippen molar-refractivity contribution in [2.24, 2.45) is 45.8 Å². The number of cyclic esters (lactones) is 1. The lowest BCUT2D eigenvalue weighted by Gasteiger charge is -2.64. The average molecular weight is 695 g/mol. The van der Waals surface area contributed by atoms with Crippen LogP contribution in [-0.4, -0.2) is 36.8 Å². The Bertz CT molecular complexity index is 1890. The van der Waals surface area contributed by atoms with Gasteiger partial charge in [0.15, 0.2) is 5.92 Å². The molecule has 4 aliphatic rings. The first-order chi connectivity index (χ1) is 24.3. The molecule has 2 aromatic carbocycles. The van der Waals surface area contributed by atoms with Crippen LogP contribution in [0.15, 0.2) is 94.8 Å². The predicted molar refractivity (Wildman–Crippen MR) is 182 cm³/mol. The molecule has 0 spiro atoms. The van der Waals surface area contributed by atoms with Crippen LogP contribution in [0.3, 0.4) is 0 Å². The number of ketones is 1. The normalized spacial score (nSPS) is 31.4. The number of para-hydroxylation sites is 2. The van der Waals surface area contributed by atoms with E-state index in [1.54, 1.807) is 79.3 Å². The molecule has 3 aromatic rings. The van der Waals surface area contributed by atoms with Gasteiger partial charge in [-0.1, -0.05) is 69.7 Å². The Kier molecular flexibility index (Phi) is 8.55. The Hall–Kier alpha value is -4.99. The molecule has 0 N–H and O–H groups in total. The lowest BCUT2D eigenvalue weighted by molar-refractivity contribution is -0.195. The zero-order valence-electron chi connectivity index (χ0n) is 29.4. The van der Waals surface area contributed by atoms with Gasteiger partial charge < -0.3 is 23.4 Å². The molecule has 0 unspecified atom stereocenters. The van der Waals surface area contributed by atoms with E-state index in [9.17, 15) is 19.2 Å². The Morgan fingerprint density at radius 3 is 2.12 bits per heavy atom. The Labute approximate surface area is 296 Å². The third-order valence-electron chi connectivity index (χ3n) is 12.3. The molecule has 1 aliphatic heterocycles. The first-order valence-electron chi connectivity index (χ1n) is 17.4. The zero-order chi connectivity index (χ0) is 36.3. The highest BCUT2D eigenvalue weighted by molar-refractivity contribution is 6.01. The van der Waals surface area contributed by atoms with Gasteiger partial charge in [0.25, 0.3) is 0 Å². The summed E-state index contributed by atoms with van der Waals surface area (Å²) in [5.41, 5.74) is -0.596. The van der Waals surface area contributed by atoms with Crippen molar-refractivity contribution in [1.82, 2.24) is 0 Å². The minimum atomic E-state index is -1.57. The highest BCUT2D eigenvalue weighted by Crippen LogP contribution is 2.69. The highest BCUT2D eigenvalue weighted by atomic mass is 16.6. The van der Waals surface area contributed by atoms with Crippen LogP contribution in [0.25, 0.3) is 0 Å². The van der Waals surface area contributed by atoms with Crippen molar-refractivity contribution in [2.75, 3.05) is 7.11 Å². The molecular formula is C41H42O10. The van der Waals surface area contributed by atoms with E-state index in [0.29, 0.717) is 18.6 Å². The summed E-state index contributed by atoms with van der Waals surface area (Å²) < 4.78 is 28.4. The van der Waals surface area contributed by atoms with Crippen molar-refractivity contribution in [2.45, 2.75) is 59.5 Å². The molecule has 0 amide bonds. The van der Waals surface area contributed by atoms with E-state index in [1.807, 2.05) is 20.8 Å². The summed E-state index contributed by atoms with van der Waals surface area (Å²) in [5, 5.41) is 0. The van der Waals surface area contributed by atoms with E-state index in [-0.39, 0.29) is 24.4 Å². The third kappa shape index (κ3) is 5.41. The number of esters is 4. The number of hydrogen-bond donors (Lipinski definition) is 0. The molecule has 7 rings (SSSR count). The fourth-order valence-electron chi connectivity index (χ4n) is 10.3. The highest BCUT2D eigenvalue weighted by Gasteiger charge is 2.72. The maximum absolute atomic E-state index is 15.2. The second kappa shape index (κ2) is 12.7. The molecule has 51 heavy (non-hydrogen) atoms. The molecule has 3 aliphatic carbocycles. The number of furan rings is 1. The number of carbonyl (C=O) groups is 5. The minimum absolute atomic E-state index is 0.0251. The van der Waals surface area contributed by atoms with Crippen LogP contribution in [0.1, 0.15) is 65.0 Å². The summed E-state index contributed by atoms with van der Waals surface area (Å²) in [6.45, 7) is 7.55. The first kappa shape index (κ1) is 34.5. The van der Waals surface area contributed by atoms with Crippen molar-refractivity contribution in [3.63, 3.8) is 0 Å². The molecule has 266 valence electrons. The molecule has 2 bridgehead atoms. The molecule has 3 fully saturated rings. The lowest BCUT2D eigenvalue weighted by Crippen LogP contribution is -2.68. The monoisotopic (exact) mass is 694 g/mol. The number of carbonyl (C=O) groups excluding carboxylic acids is 5. The summed E-state index contributed by atoms with van der Waals surface area (Å²) in [6, 6.07) is 18.8. The van der Waals surface area contributed by atoms with Crippen LogP contribution >= 0.6 is 0 Å². The number of methoxy groups -OCH3 is 1. The molecule has 2 heterocycles. The number of fused-ring (bicyclic) bond motifs is 5. The van der Waals surface area contributed by atoms with E-state index >= 15 is 4.79 Å². The molecule has 2 saturated carbocycles. The minimum Gasteiger partial charge on any atom is -0.472 e. The summed E-state index contributed by atoms with van der Waals surface area (Å²) >= 11 is 0. The number of benzene rings is 2. The number of rotatable bonds is 7. The standard InChI is InChI=1S/C41H42O10/c1-39(2)32(38(46)50-25-14-10-7-11-15-25)27-20-26-28(16-18-40(3)29(26)21-30(42)51-35(40)23-17-19-48-22-23)41(4,34(27)43)33(39)31(36(44)47-5)37(45)49-24-12-8-6-9-13-24/h6-15,17,19,22,27-28,31-33,35H,16,18,20-21H2,1-5H3/t27-,28-,31+,32-,33-,35-,40+,41+/m0/s1. The van der Waals surface area contributed by atoms with Gasteiger partial charge in [-0.25, -0.2) is 0 Å². The van der Waals surface area contributed by atoms with Gasteiger partial charge in [0.2, 0.25) is 0 Å². The van der Waals surface area contributed by atoms with E-state index in [0.717, 1.165) is 16.7 Å². The van der Waals surface area contributed by atoms with E-state index in [2.05, 4.69) is 6.92 Å². The lowest BCUT2D eigenvalue weighted by atomic mass is 9.37. The van der Waals surface area contributed by atoms with Crippen LogP contribution in [0.4, 0.5) is 0 Å². The quantitative estimate of drug-likeness (QED) is 0.112. The maximum atomic E-state index is 15.2. The topological polar surface area (TPSA) is 135 Å². The van der Waals surface area contributed by atoms with Crippen molar-refractivity contribution >= 4 is 29.7 Å². The largest absolute Gasteiger partial charge is 0.472 e. The van der Waals surface area contributed by atoms with E-state index in [1.165, 1.54) is 7.11 Å². The zero-order valence-corrected chi connectivity index (χ0v) is 29.4. The van der Waals surface area contributed by atoms with Crippen molar-refractivity contribution < 1.29 is 47.3 Å². The van der Waals surface area contributed by atoms with Crippen LogP contribution in [0.2, 0.25) is 0 Å². The van der Waals surface area contributed by atoms with Gasteiger partial charge >= 0.3 is 23.9 Å². The molecular weight excluding hydrogens is 652 g/mol. The number of Topliss-reactive ketones (excluding diaryl/α,β-unsaturated/α-hetero) is 1. The number of ether oxygens (including phenoxy) is 4. The Morgan fingerprint density at radius 1 is 0.863 bits per heavy atom. The Balaban J connectivity index is 1.42. The molecule has 1 aromatic heterocycles. The summed E-state index contributed by atoms with van der Waals surface area (Å²) in [4.78, 5) is 71.2. The van der Waals surface area contributed by atoms with Gasteiger partial charge in [-0.3, -0.25) is 24.0 Å². The maximum Gasteiger partial charge on any atom is 0.326 e. The van der Waals surface area contributed by atoms with Crippen molar-refractivity contribution in [1.29, 1.82) is 0 Å². The fourth-order valence-corrected chi connectivity index (χ4v) is 10.3. The van der Waals surface area contributed by atoms with E-state index in [4.69, 9.17) is 23.4 Å². The predicted octanol–water partition coefficient (Wildman–Crippen LogP) is 6.85. The van der Waals surface area contributed by atoms with Crippen LogP contribution in [-0.2, 0) is 33.4 Å². The molecule has 1 saturated heterocycles. The SMILES string of the molecule is COC(=O)[C@H](C(=O)Oc1ccccc1)[C@H]1C(C)(C)[C@H](C(=O)Oc2ccccc2)[C@@H]2CC3=C4CC(=O)O[C@@H](c5ccoc5)[C@]4(C)CC[C@@H]3[C@@]1(C)C2=O. The van der Waals surface area contributed by atoms with Gasteiger partial charge in [0, 0.05) is 28.2 Å². The summed E-state index contributed by atoms with van der Waals surface area (Å²) in [6.07, 6.45) is 3.86. The summed E-state index contributed by atoms with van der Waals surface area (Å²) in [7, 11) is 1.19. The fraction of sp³-hybridized carbons (Fsp3) is 0.439. The van der Waals surface area contributed by atoms with E-state index < -0.39 is 75.8 Å². The van der Waals surface area contributed by atoms with Gasteiger partial charge in [0.05, 0.1) is 32.0 Å². The second-order valence-corrected chi connectivity index (χ2v) is 15.3. The van der Waals surface area contributed by atoms with Crippen molar-refractivity contribution in [3.8, 4) is 11.5 Å². The molecule has 10 heteroatoms. The number of hydrogen-bond acceptors (Lipinski definition) is 10. The second-order valence-electron chi connectivity index (χ2n) is 15.3.